The molecule has 152 valence electrons. The number of para-hydroxylation sites is 1. The number of phenols is 2. The second-order valence-corrected chi connectivity index (χ2v) is 5.31. The molecule has 0 aromatic heterocycles. The minimum absolute atomic E-state index is 0.0862. The van der Waals surface area contributed by atoms with E-state index in [1.165, 1.54) is 50.6 Å². The van der Waals surface area contributed by atoms with Crippen LogP contribution in [0.1, 0.15) is 23.3 Å². The average Bonchev–Trinajstić information content (AvgIpc) is 2.67. The van der Waals surface area contributed by atoms with Gasteiger partial charge in [-0.25, -0.2) is 9.59 Å². The first-order chi connectivity index (χ1) is 13.1. The van der Waals surface area contributed by atoms with Crippen LogP contribution in [0.15, 0.2) is 36.4 Å². The molecule has 10 heteroatoms. The highest BCUT2D eigenvalue weighted by molar-refractivity contribution is 5.76. The summed E-state index contributed by atoms with van der Waals surface area (Å²) in [6.45, 7) is 0. The molecule has 2 rings (SSSR count). The molecule has 0 saturated heterocycles. The fourth-order valence-electron chi connectivity index (χ4n) is 2.06. The second kappa shape index (κ2) is 10.00. The van der Waals surface area contributed by atoms with E-state index in [0.717, 1.165) is 0 Å². The molecule has 0 heterocycles. The maximum Gasteiger partial charge on any atom is 0.337 e. The Bertz CT molecular complexity index is 831. The van der Waals surface area contributed by atoms with Gasteiger partial charge in [0.25, 0.3) is 0 Å². The van der Waals surface area contributed by atoms with Gasteiger partial charge in [0, 0.05) is 5.56 Å². The van der Waals surface area contributed by atoms with Crippen molar-refractivity contribution in [2.75, 3.05) is 14.2 Å². The van der Waals surface area contributed by atoms with Crippen molar-refractivity contribution in [3.05, 3.63) is 47.5 Å². The van der Waals surface area contributed by atoms with Crippen LogP contribution in [0, 0.1) is 0 Å². The lowest BCUT2D eigenvalue weighted by atomic mass is 10.1. The molecule has 0 radical (unpaired) electrons. The van der Waals surface area contributed by atoms with Crippen LogP contribution in [0.25, 0.3) is 0 Å². The van der Waals surface area contributed by atoms with E-state index in [1.54, 1.807) is 0 Å². The summed E-state index contributed by atoms with van der Waals surface area (Å²) in [6.07, 6.45) is -3.35. The Morgan fingerprint density at radius 1 is 0.857 bits per heavy atom. The predicted octanol–water partition coefficient (Wildman–Crippen LogP) is 1.04. The van der Waals surface area contributed by atoms with Crippen molar-refractivity contribution in [1.29, 1.82) is 0 Å². The lowest BCUT2D eigenvalue weighted by Crippen LogP contribution is -2.10. The zero-order valence-corrected chi connectivity index (χ0v) is 14.9. The third-order valence-electron chi connectivity index (χ3n) is 3.53. The number of hydrogen-bond donors (Lipinski definition) is 6. The van der Waals surface area contributed by atoms with Crippen LogP contribution >= 0.6 is 0 Å². The molecule has 10 nitrogen and oxygen atoms in total. The lowest BCUT2D eigenvalue weighted by molar-refractivity contribution is -0.147. The summed E-state index contributed by atoms with van der Waals surface area (Å²) in [5.74, 6) is -2.98. The van der Waals surface area contributed by atoms with Gasteiger partial charge in [0.1, 0.15) is 0 Å². The molecule has 6 N–H and O–H groups in total. The molecule has 0 saturated carbocycles. The molecule has 2 aromatic rings. The molecule has 0 fully saturated rings. The van der Waals surface area contributed by atoms with E-state index < -0.39 is 24.1 Å². The molecule has 0 aliphatic rings. The Morgan fingerprint density at radius 2 is 1.43 bits per heavy atom. The Labute approximate surface area is 159 Å². The molecule has 0 amide bonds. The SMILES string of the molecule is COc1cc(C(O)C(=O)O)ccc1O.COc1cccc(C(O)C(=O)O)c1O. The number of rotatable bonds is 6. The van der Waals surface area contributed by atoms with Gasteiger partial charge in [-0.15, -0.1) is 0 Å². The first kappa shape index (κ1) is 22.5. The fourth-order valence-corrected chi connectivity index (χ4v) is 2.06. The topological polar surface area (TPSA) is 174 Å². The zero-order valence-electron chi connectivity index (χ0n) is 14.9. The van der Waals surface area contributed by atoms with E-state index in [0.29, 0.717) is 0 Å². The maximum absolute atomic E-state index is 10.4. The van der Waals surface area contributed by atoms with Gasteiger partial charge < -0.3 is 40.1 Å². The van der Waals surface area contributed by atoms with Gasteiger partial charge in [0.15, 0.2) is 35.2 Å². The number of aliphatic hydroxyl groups is 2. The Kier molecular flexibility index (Phi) is 8.05. The van der Waals surface area contributed by atoms with Crippen molar-refractivity contribution < 1.29 is 49.7 Å². The van der Waals surface area contributed by atoms with Gasteiger partial charge >= 0.3 is 11.9 Å². The molecule has 2 unspecified atom stereocenters. The normalized spacial score (nSPS) is 12.1. The minimum atomic E-state index is -1.75. The third kappa shape index (κ3) is 5.50. The van der Waals surface area contributed by atoms with E-state index in [9.17, 15) is 30.0 Å². The third-order valence-corrected chi connectivity index (χ3v) is 3.53. The van der Waals surface area contributed by atoms with Crippen LogP contribution in [0.2, 0.25) is 0 Å². The van der Waals surface area contributed by atoms with Gasteiger partial charge in [0.2, 0.25) is 0 Å². The summed E-state index contributed by atoms with van der Waals surface area (Å²) in [5.41, 5.74) is 0.0731. The highest BCUT2D eigenvalue weighted by Gasteiger charge is 2.21. The largest absolute Gasteiger partial charge is 0.504 e. The molecular formula is C18H20O10. The fraction of sp³-hybridized carbons (Fsp3) is 0.222. The van der Waals surface area contributed by atoms with Crippen molar-refractivity contribution in [3.63, 3.8) is 0 Å². The summed E-state index contributed by atoms with van der Waals surface area (Å²) < 4.78 is 9.52. The summed E-state index contributed by atoms with van der Waals surface area (Å²) in [4.78, 5) is 20.9. The number of benzene rings is 2. The molecule has 2 atom stereocenters. The number of aliphatic hydroxyl groups excluding tert-OH is 2. The molecule has 28 heavy (non-hydrogen) atoms. The standard InChI is InChI=1S/2C9H10O5/c1-14-7-4-5(2-3-6(7)10)8(11)9(12)13;1-14-6-4-2-3-5(7(6)10)8(11)9(12)13/h2*2-4,8,10-11H,1H3,(H,12,13). The number of carboxylic acids is 2. The zero-order chi connectivity index (χ0) is 21.4. The van der Waals surface area contributed by atoms with Gasteiger partial charge in [-0.3, -0.25) is 0 Å². The van der Waals surface area contributed by atoms with Crippen LogP contribution in [0.3, 0.4) is 0 Å². The van der Waals surface area contributed by atoms with Crippen molar-refractivity contribution in [3.8, 4) is 23.0 Å². The van der Waals surface area contributed by atoms with Gasteiger partial charge in [-0.2, -0.15) is 0 Å². The minimum Gasteiger partial charge on any atom is -0.504 e. The first-order valence-corrected chi connectivity index (χ1v) is 7.68. The number of ether oxygens (including phenoxy) is 2. The van der Waals surface area contributed by atoms with Crippen LogP contribution in [-0.2, 0) is 9.59 Å². The highest BCUT2D eigenvalue weighted by Crippen LogP contribution is 2.33. The van der Waals surface area contributed by atoms with Gasteiger partial charge in [0.05, 0.1) is 14.2 Å². The van der Waals surface area contributed by atoms with E-state index >= 15 is 0 Å². The van der Waals surface area contributed by atoms with Crippen LogP contribution in [0.4, 0.5) is 0 Å². The molecule has 0 bridgehead atoms. The van der Waals surface area contributed by atoms with E-state index in [4.69, 9.17) is 19.7 Å². The number of aliphatic carboxylic acids is 2. The number of carboxylic acid groups (broad SMARTS) is 2. The lowest BCUT2D eigenvalue weighted by Gasteiger charge is -2.10. The van der Waals surface area contributed by atoms with Crippen LogP contribution in [-0.4, -0.2) is 56.8 Å². The van der Waals surface area contributed by atoms with Gasteiger partial charge in [-0.05, 0) is 23.8 Å². The Balaban J connectivity index is 0.000000280. The van der Waals surface area contributed by atoms with Crippen molar-refractivity contribution in [1.82, 2.24) is 0 Å². The number of hydrogen-bond acceptors (Lipinski definition) is 8. The monoisotopic (exact) mass is 396 g/mol. The summed E-state index contributed by atoms with van der Waals surface area (Å²) in [5, 5.41) is 54.1. The Hall–Kier alpha value is -3.50. The number of methoxy groups -OCH3 is 2. The summed E-state index contributed by atoms with van der Waals surface area (Å²) in [6, 6.07) is 8.12. The molecular weight excluding hydrogens is 376 g/mol. The Morgan fingerprint density at radius 3 is 1.93 bits per heavy atom. The highest BCUT2D eigenvalue weighted by atomic mass is 16.5. The van der Waals surface area contributed by atoms with Crippen molar-refractivity contribution in [2.45, 2.75) is 12.2 Å². The predicted molar refractivity (Wildman–Crippen MR) is 94.5 cm³/mol. The van der Waals surface area contributed by atoms with E-state index in [-0.39, 0.29) is 34.1 Å². The van der Waals surface area contributed by atoms with E-state index in [1.807, 2.05) is 0 Å². The maximum atomic E-state index is 10.4. The first-order valence-electron chi connectivity index (χ1n) is 7.68. The van der Waals surface area contributed by atoms with Crippen LogP contribution < -0.4 is 9.47 Å². The second-order valence-electron chi connectivity index (χ2n) is 5.31. The molecule has 0 spiro atoms. The van der Waals surface area contributed by atoms with Crippen LogP contribution in [0.5, 0.6) is 23.0 Å². The van der Waals surface area contributed by atoms with E-state index in [2.05, 4.69) is 0 Å². The molecule has 0 aliphatic carbocycles. The van der Waals surface area contributed by atoms with Crippen molar-refractivity contribution in [2.24, 2.45) is 0 Å². The number of aromatic hydroxyl groups is 2. The summed E-state index contributed by atoms with van der Waals surface area (Å²) in [7, 11) is 2.68. The van der Waals surface area contributed by atoms with Gasteiger partial charge in [-0.1, -0.05) is 18.2 Å². The molecule has 0 aliphatic heterocycles. The number of phenolic OH excluding ortho intramolecular Hbond substituents is 2. The summed E-state index contributed by atoms with van der Waals surface area (Å²) >= 11 is 0. The average molecular weight is 396 g/mol. The van der Waals surface area contributed by atoms with Crippen molar-refractivity contribution >= 4 is 11.9 Å². The molecule has 2 aromatic carbocycles. The smallest absolute Gasteiger partial charge is 0.337 e. The quantitative estimate of drug-likeness (QED) is 0.414. The number of carbonyl (C=O) groups is 2.